The first kappa shape index (κ1) is 10.9. The molecule has 0 atom stereocenters. The van der Waals surface area contributed by atoms with E-state index in [9.17, 15) is 0 Å². The average Bonchev–Trinajstić information content (AvgIpc) is 2.01. The summed E-state index contributed by atoms with van der Waals surface area (Å²) in [5, 5.41) is 0. The van der Waals surface area contributed by atoms with Gasteiger partial charge in [-0.3, -0.25) is 0 Å². The highest BCUT2D eigenvalue weighted by Gasteiger charge is 1.97. The van der Waals surface area contributed by atoms with Crippen LogP contribution in [0.2, 0.25) is 0 Å². The van der Waals surface area contributed by atoms with Crippen LogP contribution in [0.4, 0.5) is 5.69 Å². The standard InChI is InChI=1S/C11H18N2O/c1-9-6-10(12)8-11(7-9)14-5-4-13(2)3/h6-8H,4-5,12H2,1-3H3. The molecule has 0 aliphatic rings. The van der Waals surface area contributed by atoms with Gasteiger partial charge in [-0.1, -0.05) is 0 Å². The van der Waals surface area contributed by atoms with Gasteiger partial charge < -0.3 is 15.4 Å². The molecular formula is C11H18N2O. The third kappa shape index (κ3) is 3.66. The number of aryl methyl sites for hydroxylation is 1. The second-order valence-corrected chi connectivity index (χ2v) is 3.73. The van der Waals surface area contributed by atoms with Gasteiger partial charge >= 0.3 is 0 Å². The Labute approximate surface area is 85.5 Å². The van der Waals surface area contributed by atoms with Crippen LogP contribution < -0.4 is 10.5 Å². The number of nitrogens with zero attached hydrogens (tertiary/aromatic N) is 1. The molecule has 0 saturated heterocycles. The lowest BCUT2D eigenvalue weighted by molar-refractivity contribution is 0.261. The van der Waals surface area contributed by atoms with E-state index in [1.165, 1.54) is 0 Å². The van der Waals surface area contributed by atoms with Crippen LogP contribution in [0.3, 0.4) is 0 Å². The summed E-state index contributed by atoms with van der Waals surface area (Å²) in [5.74, 6) is 0.851. The Morgan fingerprint density at radius 3 is 2.57 bits per heavy atom. The molecular weight excluding hydrogens is 176 g/mol. The number of benzene rings is 1. The summed E-state index contributed by atoms with van der Waals surface area (Å²) in [6.07, 6.45) is 0. The van der Waals surface area contributed by atoms with Gasteiger partial charge in [0.15, 0.2) is 0 Å². The van der Waals surface area contributed by atoms with E-state index in [0.717, 1.165) is 23.5 Å². The fourth-order valence-corrected chi connectivity index (χ4v) is 1.21. The zero-order valence-electron chi connectivity index (χ0n) is 9.08. The molecule has 0 aromatic heterocycles. The van der Waals surface area contributed by atoms with Crippen molar-refractivity contribution in [3.8, 4) is 5.75 Å². The molecule has 1 rings (SSSR count). The van der Waals surface area contributed by atoms with E-state index < -0.39 is 0 Å². The van der Waals surface area contributed by atoms with E-state index in [2.05, 4.69) is 4.90 Å². The van der Waals surface area contributed by atoms with Gasteiger partial charge in [0.1, 0.15) is 12.4 Å². The predicted molar refractivity (Wildman–Crippen MR) is 59.6 cm³/mol. The molecule has 14 heavy (non-hydrogen) atoms. The molecule has 0 saturated carbocycles. The van der Waals surface area contributed by atoms with Crippen LogP contribution in [0.25, 0.3) is 0 Å². The van der Waals surface area contributed by atoms with Crippen molar-refractivity contribution >= 4 is 5.69 Å². The predicted octanol–water partition coefficient (Wildman–Crippen LogP) is 1.52. The van der Waals surface area contributed by atoms with Crippen LogP contribution >= 0.6 is 0 Å². The number of nitrogens with two attached hydrogens (primary N) is 1. The van der Waals surface area contributed by atoms with E-state index in [4.69, 9.17) is 10.5 Å². The van der Waals surface area contributed by atoms with Crippen molar-refractivity contribution in [2.24, 2.45) is 0 Å². The first-order valence-corrected chi connectivity index (χ1v) is 4.72. The highest BCUT2D eigenvalue weighted by molar-refractivity contribution is 5.47. The van der Waals surface area contributed by atoms with Gasteiger partial charge in [-0.05, 0) is 38.7 Å². The van der Waals surface area contributed by atoms with E-state index in [0.29, 0.717) is 6.61 Å². The van der Waals surface area contributed by atoms with Crippen molar-refractivity contribution in [1.82, 2.24) is 4.90 Å². The number of likely N-dealkylation sites (N-methyl/N-ethyl adjacent to an activating group) is 1. The third-order valence-electron chi connectivity index (χ3n) is 1.88. The van der Waals surface area contributed by atoms with Crippen molar-refractivity contribution in [3.05, 3.63) is 23.8 Å². The summed E-state index contributed by atoms with van der Waals surface area (Å²) in [6.45, 7) is 3.61. The van der Waals surface area contributed by atoms with Crippen LogP contribution in [0.5, 0.6) is 5.75 Å². The monoisotopic (exact) mass is 194 g/mol. The molecule has 0 aliphatic heterocycles. The summed E-state index contributed by atoms with van der Waals surface area (Å²) in [4.78, 5) is 2.08. The van der Waals surface area contributed by atoms with Crippen molar-refractivity contribution in [1.29, 1.82) is 0 Å². The second-order valence-electron chi connectivity index (χ2n) is 3.73. The van der Waals surface area contributed by atoms with Crippen LogP contribution in [-0.4, -0.2) is 32.1 Å². The van der Waals surface area contributed by atoms with Gasteiger partial charge in [-0.25, -0.2) is 0 Å². The molecule has 3 heteroatoms. The molecule has 78 valence electrons. The minimum Gasteiger partial charge on any atom is -0.492 e. The molecule has 1 aromatic rings. The fraction of sp³-hybridized carbons (Fsp3) is 0.455. The lowest BCUT2D eigenvalue weighted by Crippen LogP contribution is -2.19. The van der Waals surface area contributed by atoms with Gasteiger partial charge in [0.05, 0.1) is 0 Å². The van der Waals surface area contributed by atoms with E-state index in [1.807, 2.05) is 39.2 Å². The number of ether oxygens (including phenoxy) is 1. The van der Waals surface area contributed by atoms with Crippen molar-refractivity contribution in [2.45, 2.75) is 6.92 Å². The van der Waals surface area contributed by atoms with Gasteiger partial charge in [0.2, 0.25) is 0 Å². The summed E-state index contributed by atoms with van der Waals surface area (Å²) < 4.78 is 5.56. The minimum absolute atomic E-state index is 0.690. The van der Waals surface area contributed by atoms with Crippen LogP contribution in [-0.2, 0) is 0 Å². The molecule has 1 aromatic carbocycles. The highest BCUT2D eigenvalue weighted by atomic mass is 16.5. The van der Waals surface area contributed by atoms with E-state index in [1.54, 1.807) is 0 Å². The lowest BCUT2D eigenvalue weighted by Gasteiger charge is -2.11. The van der Waals surface area contributed by atoms with E-state index >= 15 is 0 Å². The average molecular weight is 194 g/mol. The number of hydrogen-bond acceptors (Lipinski definition) is 3. The van der Waals surface area contributed by atoms with Crippen LogP contribution in [0, 0.1) is 6.92 Å². The fourth-order valence-electron chi connectivity index (χ4n) is 1.21. The van der Waals surface area contributed by atoms with Crippen molar-refractivity contribution < 1.29 is 4.74 Å². The van der Waals surface area contributed by atoms with E-state index in [-0.39, 0.29) is 0 Å². The Morgan fingerprint density at radius 1 is 1.29 bits per heavy atom. The summed E-state index contributed by atoms with van der Waals surface area (Å²) in [7, 11) is 4.04. The topological polar surface area (TPSA) is 38.5 Å². The van der Waals surface area contributed by atoms with Gasteiger partial charge in [0.25, 0.3) is 0 Å². The zero-order valence-corrected chi connectivity index (χ0v) is 9.08. The lowest BCUT2D eigenvalue weighted by atomic mass is 10.2. The second kappa shape index (κ2) is 4.86. The molecule has 2 N–H and O–H groups in total. The molecule has 0 heterocycles. The Hall–Kier alpha value is -1.22. The summed E-state index contributed by atoms with van der Waals surface area (Å²) >= 11 is 0. The Morgan fingerprint density at radius 2 is 2.00 bits per heavy atom. The number of hydrogen-bond donors (Lipinski definition) is 1. The van der Waals surface area contributed by atoms with Gasteiger partial charge in [-0.15, -0.1) is 0 Å². The maximum Gasteiger partial charge on any atom is 0.121 e. The maximum atomic E-state index is 5.70. The largest absolute Gasteiger partial charge is 0.492 e. The summed E-state index contributed by atoms with van der Waals surface area (Å²) in [6, 6.07) is 5.77. The molecule has 0 spiro atoms. The van der Waals surface area contributed by atoms with Crippen molar-refractivity contribution in [3.63, 3.8) is 0 Å². The Bertz CT molecular complexity index is 277. The molecule has 0 unspecified atom stereocenters. The Balaban J connectivity index is 2.50. The normalized spacial score (nSPS) is 10.6. The highest BCUT2D eigenvalue weighted by Crippen LogP contribution is 2.17. The zero-order chi connectivity index (χ0) is 10.6. The smallest absolute Gasteiger partial charge is 0.121 e. The summed E-state index contributed by atoms with van der Waals surface area (Å²) in [5.41, 5.74) is 7.58. The molecule has 0 bridgehead atoms. The minimum atomic E-state index is 0.690. The maximum absolute atomic E-state index is 5.70. The molecule has 0 aliphatic carbocycles. The van der Waals surface area contributed by atoms with Gasteiger partial charge in [0, 0.05) is 18.3 Å². The van der Waals surface area contributed by atoms with Crippen LogP contribution in [0.15, 0.2) is 18.2 Å². The van der Waals surface area contributed by atoms with Crippen molar-refractivity contribution in [2.75, 3.05) is 33.0 Å². The molecule has 0 radical (unpaired) electrons. The third-order valence-corrected chi connectivity index (χ3v) is 1.88. The molecule has 0 fully saturated rings. The molecule has 3 nitrogen and oxygen atoms in total. The first-order chi connectivity index (χ1) is 6.58. The van der Waals surface area contributed by atoms with Gasteiger partial charge in [-0.2, -0.15) is 0 Å². The number of nitrogen functional groups attached to an aromatic ring is 1. The quantitative estimate of drug-likeness (QED) is 0.738. The number of anilines is 1. The van der Waals surface area contributed by atoms with Crippen LogP contribution in [0.1, 0.15) is 5.56 Å². The first-order valence-electron chi connectivity index (χ1n) is 4.72. The number of rotatable bonds is 4. The molecule has 0 amide bonds. The SMILES string of the molecule is Cc1cc(N)cc(OCCN(C)C)c1. The Kier molecular flexibility index (Phi) is 3.77.